The number of carbonyl (C=O) groups is 2. The Hall–Kier alpha value is -1.30. The summed E-state index contributed by atoms with van der Waals surface area (Å²) in [5, 5.41) is 21.3. The van der Waals surface area contributed by atoms with Crippen molar-refractivity contribution in [3.05, 3.63) is 0 Å². The Labute approximate surface area is 238 Å². The Balaban J connectivity index is 0.000000161. The van der Waals surface area contributed by atoms with Crippen LogP contribution in [-0.2, 0) is 28.5 Å². The Morgan fingerprint density at radius 2 is 1.07 bits per heavy atom. The quantitative estimate of drug-likeness (QED) is 0.504. The van der Waals surface area contributed by atoms with Crippen LogP contribution in [0.4, 0.5) is 0 Å². The van der Waals surface area contributed by atoms with E-state index >= 15 is 0 Å². The molecule has 228 valence electrons. The molecule has 2 unspecified atom stereocenters. The monoisotopic (exact) mass is 566 g/mol. The maximum Gasteiger partial charge on any atom is 0.223 e. The molecule has 2 amide bonds. The van der Waals surface area contributed by atoms with E-state index in [1.807, 2.05) is 27.7 Å². The molecule has 6 rings (SSSR count). The number of aliphatic hydroxyl groups excluding tert-OH is 2. The maximum atomic E-state index is 12.3. The minimum absolute atomic E-state index is 0.0646. The third-order valence-corrected chi connectivity index (χ3v) is 9.63. The van der Waals surface area contributed by atoms with E-state index in [-0.39, 0.29) is 60.1 Å². The third kappa shape index (κ3) is 5.69. The van der Waals surface area contributed by atoms with Gasteiger partial charge in [-0.15, -0.1) is 0 Å². The highest BCUT2D eigenvalue weighted by Gasteiger charge is 2.60. The molecule has 10 atom stereocenters. The number of aliphatic hydroxyl groups is 2. The number of rotatable bonds is 6. The Morgan fingerprint density at radius 3 is 1.43 bits per heavy atom. The molecule has 0 aromatic heterocycles. The normalized spacial score (nSPS) is 42.7. The van der Waals surface area contributed by atoms with Crippen molar-refractivity contribution in [2.45, 2.75) is 153 Å². The second-order valence-electron chi connectivity index (χ2n) is 13.5. The molecule has 6 heterocycles. The molecule has 2 N–H and O–H groups in total. The fourth-order valence-corrected chi connectivity index (χ4v) is 7.83. The first kappa shape index (κ1) is 30.2. The van der Waals surface area contributed by atoms with Crippen molar-refractivity contribution >= 4 is 11.8 Å². The molecular weight excluding hydrogens is 516 g/mol. The van der Waals surface area contributed by atoms with E-state index < -0.39 is 23.8 Å². The van der Waals surface area contributed by atoms with Gasteiger partial charge in [0.25, 0.3) is 0 Å². The van der Waals surface area contributed by atoms with Crippen molar-refractivity contribution in [2.24, 2.45) is 11.8 Å². The minimum Gasteiger partial charge on any atom is -0.391 e. The van der Waals surface area contributed by atoms with Crippen LogP contribution in [0.25, 0.3) is 0 Å². The number of carbonyl (C=O) groups excluding carboxylic acids is 2. The highest BCUT2D eigenvalue weighted by molar-refractivity contribution is 5.79. The number of ether oxygens (including phenoxy) is 4. The highest BCUT2D eigenvalue weighted by atomic mass is 16.8. The number of piperidine rings is 2. The number of fused-ring (bicyclic) bond motifs is 6. The molecule has 0 radical (unpaired) electrons. The molecule has 0 aromatic rings. The summed E-state index contributed by atoms with van der Waals surface area (Å²) in [6.07, 6.45) is 5.47. The second-order valence-corrected chi connectivity index (χ2v) is 13.5. The summed E-state index contributed by atoms with van der Waals surface area (Å²) in [6.45, 7) is 12.9. The van der Waals surface area contributed by atoms with Gasteiger partial charge in [-0.2, -0.15) is 0 Å². The van der Waals surface area contributed by atoms with Crippen molar-refractivity contribution in [3.63, 3.8) is 0 Å². The summed E-state index contributed by atoms with van der Waals surface area (Å²) in [5.74, 6) is -0.813. The molecule has 0 aromatic carbocycles. The third-order valence-electron chi connectivity index (χ3n) is 9.63. The first-order valence-corrected chi connectivity index (χ1v) is 15.5. The van der Waals surface area contributed by atoms with Crippen LogP contribution in [0.2, 0.25) is 0 Å². The van der Waals surface area contributed by atoms with Gasteiger partial charge in [0, 0.05) is 12.8 Å². The fraction of sp³-hybridized carbons (Fsp3) is 0.933. The molecule has 6 fully saturated rings. The predicted octanol–water partition coefficient (Wildman–Crippen LogP) is 2.58. The molecule has 10 nitrogen and oxygen atoms in total. The van der Waals surface area contributed by atoms with Gasteiger partial charge in [0.15, 0.2) is 11.6 Å². The summed E-state index contributed by atoms with van der Waals surface area (Å²) in [5.41, 5.74) is 0. The summed E-state index contributed by atoms with van der Waals surface area (Å²) in [6, 6.07) is -0.463. The number of hydrogen-bond acceptors (Lipinski definition) is 8. The van der Waals surface area contributed by atoms with Gasteiger partial charge in [0.1, 0.15) is 24.4 Å². The van der Waals surface area contributed by atoms with Gasteiger partial charge in [0.05, 0.1) is 37.4 Å². The highest BCUT2D eigenvalue weighted by Crippen LogP contribution is 2.44. The van der Waals surface area contributed by atoms with Crippen LogP contribution in [0.1, 0.15) is 92.9 Å². The van der Waals surface area contributed by atoms with E-state index in [2.05, 4.69) is 13.8 Å². The largest absolute Gasteiger partial charge is 0.391 e. The molecular formula is C30H50N2O8. The minimum atomic E-state index is -0.611. The van der Waals surface area contributed by atoms with Crippen LogP contribution < -0.4 is 0 Å². The zero-order chi connectivity index (χ0) is 29.0. The molecule has 40 heavy (non-hydrogen) atoms. The number of unbranched alkanes of at least 4 members (excludes halogenated alkanes) is 2. The second kappa shape index (κ2) is 11.4. The Morgan fingerprint density at radius 1 is 0.700 bits per heavy atom. The molecule has 10 heteroatoms. The van der Waals surface area contributed by atoms with E-state index in [0.717, 1.165) is 38.5 Å². The zero-order valence-corrected chi connectivity index (χ0v) is 25.1. The van der Waals surface area contributed by atoms with Crippen molar-refractivity contribution < 1.29 is 38.7 Å². The summed E-state index contributed by atoms with van der Waals surface area (Å²) >= 11 is 0. The first-order chi connectivity index (χ1) is 18.9. The van der Waals surface area contributed by atoms with Gasteiger partial charge in [-0.05, 0) is 52.4 Å². The fourth-order valence-electron chi connectivity index (χ4n) is 7.83. The van der Waals surface area contributed by atoms with Crippen molar-refractivity contribution in [1.29, 1.82) is 0 Å². The standard InChI is InChI=1S/2C15H25NO4/c2*1-4-5-6-9-7-11(17)16-8-10-14(12(16)13(9)18)20-15(2,3)19-10/h2*9-10,12-14,18H,4-8H2,1-3H3/t9-,10?,12+,13+,14-;9-,10?,12-,13-,14-/m11/s1. The lowest BCUT2D eigenvalue weighted by Gasteiger charge is -2.41. The lowest BCUT2D eigenvalue weighted by Crippen LogP contribution is -2.56. The summed E-state index contributed by atoms with van der Waals surface area (Å²) < 4.78 is 23.6. The van der Waals surface area contributed by atoms with Gasteiger partial charge in [-0.3, -0.25) is 9.59 Å². The average Bonchev–Trinajstić information content (AvgIpc) is 3.57. The number of hydrogen-bond donors (Lipinski definition) is 2. The molecule has 0 saturated carbocycles. The zero-order valence-electron chi connectivity index (χ0n) is 25.1. The molecule has 6 saturated heterocycles. The SMILES string of the molecule is CCCC[C@@H]1CC(=O)N2CC3OC(C)(C)O[C@H]3[C@@H]2[C@H]1O.CCCC[C@@H]1CC(=O)N2CC3OC(C)(C)O[C@H]3[C@H]2[C@@H]1O. The summed E-state index contributed by atoms with van der Waals surface area (Å²) in [4.78, 5) is 28.1. The van der Waals surface area contributed by atoms with Gasteiger partial charge in [-0.1, -0.05) is 39.5 Å². The van der Waals surface area contributed by atoms with Crippen LogP contribution in [-0.4, -0.2) is 105 Å². The van der Waals surface area contributed by atoms with Crippen molar-refractivity contribution in [1.82, 2.24) is 9.80 Å². The van der Waals surface area contributed by atoms with E-state index in [1.165, 1.54) is 0 Å². The van der Waals surface area contributed by atoms with Gasteiger partial charge < -0.3 is 39.0 Å². The molecule has 6 aliphatic rings. The Kier molecular flexibility index (Phi) is 8.61. The molecule has 0 aliphatic carbocycles. The lowest BCUT2D eigenvalue weighted by molar-refractivity contribution is -0.181. The van der Waals surface area contributed by atoms with E-state index in [4.69, 9.17) is 18.9 Å². The van der Waals surface area contributed by atoms with Crippen LogP contribution in [0.3, 0.4) is 0 Å². The molecule has 0 bridgehead atoms. The van der Waals surface area contributed by atoms with Crippen molar-refractivity contribution in [2.75, 3.05) is 13.1 Å². The van der Waals surface area contributed by atoms with Crippen molar-refractivity contribution in [3.8, 4) is 0 Å². The summed E-state index contributed by atoms with van der Waals surface area (Å²) in [7, 11) is 0. The number of nitrogens with zero attached hydrogens (tertiary/aromatic N) is 2. The molecule has 0 spiro atoms. The van der Waals surface area contributed by atoms with Crippen LogP contribution in [0.5, 0.6) is 0 Å². The van der Waals surface area contributed by atoms with Gasteiger partial charge >= 0.3 is 0 Å². The van der Waals surface area contributed by atoms with E-state index in [9.17, 15) is 19.8 Å². The van der Waals surface area contributed by atoms with E-state index in [0.29, 0.717) is 25.9 Å². The van der Waals surface area contributed by atoms with Crippen LogP contribution in [0, 0.1) is 11.8 Å². The molecule has 6 aliphatic heterocycles. The smallest absolute Gasteiger partial charge is 0.223 e. The maximum absolute atomic E-state index is 12.3. The first-order valence-electron chi connectivity index (χ1n) is 15.5. The van der Waals surface area contributed by atoms with Crippen LogP contribution >= 0.6 is 0 Å². The van der Waals surface area contributed by atoms with Crippen LogP contribution in [0.15, 0.2) is 0 Å². The van der Waals surface area contributed by atoms with Gasteiger partial charge in [-0.25, -0.2) is 0 Å². The topological polar surface area (TPSA) is 118 Å². The number of amides is 2. The van der Waals surface area contributed by atoms with E-state index in [1.54, 1.807) is 9.80 Å². The predicted molar refractivity (Wildman–Crippen MR) is 146 cm³/mol. The van der Waals surface area contributed by atoms with Gasteiger partial charge in [0.2, 0.25) is 11.8 Å². The average molecular weight is 567 g/mol. The Bertz CT molecular complexity index is 869. The lowest BCUT2D eigenvalue weighted by atomic mass is 9.83.